The van der Waals surface area contributed by atoms with Gasteiger partial charge in [-0.05, 0) is 6.07 Å². The largest absolute Gasteiger partial charge is 0.298 e. The van der Waals surface area contributed by atoms with Crippen LogP contribution in [-0.4, -0.2) is 0 Å². The van der Waals surface area contributed by atoms with E-state index < -0.39 is 35.1 Å². The molecular weight excluding hydrogens is 193 g/mol. The van der Waals surface area contributed by atoms with Crippen molar-refractivity contribution in [3.63, 3.8) is 0 Å². The van der Waals surface area contributed by atoms with E-state index in [1.54, 1.807) is 0 Å². The highest BCUT2D eigenvalue weighted by atomic mass is 19.2. The van der Waals surface area contributed by atoms with Gasteiger partial charge in [0.2, 0.25) is 0 Å². The summed E-state index contributed by atoms with van der Waals surface area (Å²) in [6.07, 6.45) is -2.38. The molecule has 0 bridgehead atoms. The van der Waals surface area contributed by atoms with Crippen molar-refractivity contribution in [2.45, 2.75) is 6.30 Å². The Balaban J connectivity index is 3.41. The molecule has 0 amide bonds. The standard InChI is InChI=1S/C7H4F5N/c8-3-1-2(7(12)13)4(9)6(11)5(3)10/h1,7H,13H2. The van der Waals surface area contributed by atoms with Crippen LogP contribution >= 0.6 is 0 Å². The first-order valence-electron chi connectivity index (χ1n) is 3.17. The van der Waals surface area contributed by atoms with Crippen molar-refractivity contribution in [1.82, 2.24) is 0 Å². The second kappa shape index (κ2) is 3.29. The van der Waals surface area contributed by atoms with Crippen molar-refractivity contribution in [1.29, 1.82) is 0 Å². The van der Waals surface area contributed by atoms with Crippen molar-refractivity contribution in [2.75, 3.05) is 0 Å². The average molecular weight is 197 g/mol. The van der Waals surface area contributed by atoms with Crippen LogP contribution in [0.25, 0.3) is 0 Å². The Morgan fingerprint density at radius 2 is 1.54 bits per heavy atom. The second-order valence-electron chi connectivity index (χ2n) is 2.29. The molecule has 0 heterocycles. The minimum absolute atomic E-state index is 0.179. The lowest BCUT2D eigenvalue weighted by Crippen LogP contribution is -2.10. The molecule has 0 aliphatic rings. The van der Waals surface area contributed by atoms with E-state index in [1.165, 1.54) is 0 Å². The van der Waals surface area contributed by atoms with Crippen LogP contribution in [-0.2, 0) is 0 Å². The van der Waals surface area contributed by atoms with Crippen molar-refractivity contribution in [3.8, 4) is 0 Å². The predicted octanol–water partition coefficient (Wildman–Crippen LogP) is 2.17. The monoisotopic (exact) mass is 197 g/mol. The average Bonchev–Trinajstić information content (AvgIpc) is 2.07. The van der Waals surface area contributed by atoms with Crippen LogP contribution in [0.4, 0.5) is 22.0 Å². The van der Waals surface area contributed by atoms with E-state index in [1.807, 2.05) is 0 Å². The molecule has 0 fully saturated rings. The lowest BCUT2D eigenvalue weighted by Gasteiger charge is -2.05. The summed E-state index contributed by atoms with van der Waals surface area (Å²) in [4.78, 5) is 0. The fraction of sp³-hybridized carbons (Fsp3) is 0.143. The zero-order valence-electron chi connectivity index (χ0n) is 6.12. The number of hydrogen-bond donors (Lipinski definition) is 1. The highest BCUT2D eigenvalue weighted by Gasteiger charge is 2.21. The molecule has 6 heteroatoms. The SMILES string of the molecule is NC(F)c1cc(F)c(F)c(F)c1F. The summed E-state index contributed by atoms with van der Waals surface area (Å²) in [5, 5.41) is 0. The number of benzene rings is 1. The van der Waals surface area contributed by atoms with Gasteiger partial charge in [-0.15, -0.1) is 0 Å². The number of nitrogens with two attached hydrogens (primary N) is 1. The van der Waals surface area contributed by atoms with Crippen LogP contribution < -0.4 is 5.73 Å². The summed E-state index contributed by atoms with van der Waals surface area (Å²) < 4.78 is 61.9. The smallest absolute Gasteiger partial charge is 0.197 e. The van der Waals surface area contributed by atoms with Crippen molar-refractivity contribution < 1.29 is 22.0 Å². The van der Waals surface area contributed by atoms with Crippen molar-refractivity contribution in [2.24, 2.45) is 5.73 Å². The molecule has 1 rings (SSSR count). The lowest BCUT2D eigenvalue weighted by atomic mass is 10.2. The molecule has 1 unspecified atom stereocenters. The first-order chi connectivity index (χ1) is 5.95. The number of hydrogen-bond acceptors (Lipinski definition) is 1. The van der Waals surface area contributed by atoms with Crippen molar-refractivity contribution in [3.05, 3.63) is 34.9 Å². The molecule has 0 saturated carbocycles. The molecule has 13 heavy (non-hydrogen) atoms. The Morgan fingerprint density at radius 1 is 1.00 bits per heavy atom. The predicted molar refractivity (Wildman–Crippen MR) is 34.3 cm³/mol. The molecule has 0 spiro atoms. The van der Waals surface area contributed by atoms with Crippen LogP contribution in [0.5, 0.6) is 0 Å². The highest BCUT2D eigenvalue weighted by Crippen LogP contribution is 2.22. The molecule has 0 aliphatic carbocycles. The van der Waals surface area contributed by atoms with Gasteiger partial charge in [-0.3, -0.25) is 5.73 Å². The van der Waals surface area contributed by atoms with E-state index in [-0.39, 0.29) is 6.07 Å². The summed E-state index contributed by atoms with van der Waals surface area (Å²) in [5.41, 5.74) is 3.49. The quantitative estimate of drug-likeness (QED) is 0.317. The first kappa shape index (κ1) is 9.91. The third-order valence-electron chi connectivity index (χ3n) is 1.43. The Kier molecular flexibility index (Phi) is 2.51. The maximum atomic E-state index is 12.6. The minimum Gasteiger partial charge on any atom is -0.298 e. The molecule has 1 aromatic carbocycles. The normalized spacial score (nSPS) is 13.1. The maximum absolute atomic E-state index is 12.6. The Hall–Kier alpha value is -1.17. The molecular formula is C7H4F5N. The van der Waals surface area contributed by atoms with Gasteiger partial charge in [-0.1, -0.05) is 0 Å². The van der Waals surface area contributed by atoms with Gasteiger partial charge in [0.25, 0.3) is 0 Å². The second-order valence-corrected chi connectivity index (χ2v) is 2.29. The van der Waals surface area contributed by atoms with Gasteiger partial charge in [-0.25, -0.2) is 22.0 Å². The molecule has 0 radical (unpaired) electrons. The molecule has 72 valence electrons. The Bertz CT molecular complexity index is 336. The lowest BCUT2D eigenvalue weighted by molar-refractivity contribution is 0.326. The zero-order chi connectivity index (χ0) is 10.2. The fourth-order valence-corrected chi connectivity index (χ4v) is 0.792. The summed E-state index contributed by atoms with van der Waals surface area (Å²) in [6.45, 7) is 0. The summed E-state index contributed by atoms with van der Waals surface area (Å²) in [6, 6.07) is 0.179. The Labute approximate surface area is 70.0 Å². The van der Waals surface area contributed by atoms with E-state index in [2.05, 4.69) is 5.73 Å². The topological polar surface area (TPSA) is 26.0 Å². The summed E-state index contributed by atoms with van der Waals surface area (Å²) in [5.74, 6) is -7.54. The van der Waals surface area contributed by atoms with Gasteiger partial charge in [-0.2, -0.15) is 0 Å². The van der Waals surface area contributed by atoms with E-state index in [9.17, 15) is 22.0 Å². The van der Waals surface area contributed by atoms with E-state index in [4.69, 9.17) is 0 Å². The zero-order valence-corrected chi connectivity index (χ0v) is 6.12. The van der Waals surface area contributed by atoms with E-state index >= 15 is 0 Å². The molecule has 1 nitrogen and oxygen atoms in total. The molecule has 0 saturated heterocycles. The fourth-order valence-electron chi connectivity index (χ4n) is 0.792. The van der Waals surface area contributed by atoms with Crippen LogP contribution in [0.3, 0.4) is 0 Å². The molecule has 1 aromatic rings. The molecule has 1 atom stereocenters. The summed E-state index contributed by atoms with van der Waals surface area (Å²) in [7, 11) is 0. The van der Waals surface area contributed by atoms with Gasteiger partial charge in [0, 0.05) is 5.56 Å². The van der Waals surface area contributed by atoms with Crippen LogP contribution in [0.2, 0.25) is 0 Å². The third-order valence-corrected chi connectivity index (χ3v) is 1.43. The number of alkyl halides is 1. The highest BCUT2D eigenvalue weighted by molar-refractivity contribution is 5.23. The van der Waals surface area contributed by atoms with Gasteiger partial charge in [0.15, 0.2) is 29.6 Å². The summed E-state index contributed by atoms with van der Waals surface area (Å²) >= 11 is 0. The third kappa shape index (κ3) is 1.62. The van der Waals surface area contributed by atoms with Gasteiger partial charge in [0.05, 0.1) is 0 Å². The Morgan fingerprint density at radius 3 is 2.00 bits per heavy atom. The number of rotatable bonds is 1. The first-order valence-corrected chi connectivity index (χ1v) is 3.17. The van der Waals surface area contributed by atoms with Gasteiger partial charge >= 0.3 is 0 Å². The van der Waals surface area contributed by atoms with E-state index in [0.29, 0.717) is 0 Å². The van der Waals surface area contributed by atoms with Gasteiger partial charge < -0.3 is 0 Å². The van der Waals surface area contributed by atoms with Crippen LogP contribution in [0, 0.1) is 23.3 Å². The number of halogens is 5. The minimum atomic E-state index is -2.38. The molecule has 0 aliphatic heterocycles. The van der Waals surface area contributed by atoms with Crippen LogP contribution in [0.1, 0.15) is 11.9 Å². The van der Waals surface area contributed by atoms with E-state index in [0.717, 1.165) is 0 Å². The maximum Gasteiger partial charge on any atom is 0.197 e. The molecule has 0 aromatic heterocycles. The van der Waals surface area contributed by atoms with Gasteiger partial charge in [0.1, 0.15) is 0 Å². The van der Waals surface area contributed by atoms with Crippen molar-refractivity contribution >= 4 is 0 Å². The molecule has 2 N–H and O–H groups in total. The van der Waals surface area contributed by atoms with Crippen LogP contribution in [0.15, 0.2) is 6.07 Å².